The molecule has 1 aliphatic rings. The molecule has 3 aromatic carbocycles. The van der Waals surface area contributed by atoms with E-state index in [4.69, 9.17) is 9.15 Å². The van der Waals surface area contributed by atoms with Crippen molar-refractivity contribution in [3.05, 3.63) is 119 Å². The largest absolute Gasteiger partial charge is 0.497 e. The molecule has 0 radical (unpaired) electrons. The highest BCUT2D eigenvalue weighted by molar-refractivity contribution is 5.91. The van der Waals surface area contributed by atoms with Crippen LogP contribution in [0.15, 0.2) is 95.4 Å². The van der Waals surface area contributed by atoms with Gasteiger partial charge >= 0.3 is 0 Å². The van der Waals surface area contributed by atoms with E-state index in [2.05, 4.69) is 21.9 Å². The van der Waals surface area contributed by atoms with Crippen molar-refractivity contribution < 1.29 is 18.3 Å². The number of rotatable bonds is 9. The van der Waals surface area contributed by atoms with Crippen LogP contribution < -0.4 is 9.64 Å². The minimum atomic E-state index is -0.227. The van der Waals surface area contributed by atoms with Crippen LogP contribution in [0.5, 0.6) is 5.75 Å². The fraction of sp³-hybridized carbons (Fsp3) is 0.258. The second-order valence-corrected chi connectivity index (χ2v) is 9.47. The molecule has 4 aromatic rings. The third-order valence-electron chi connectivity index (χ3n) is 6.86. The molecule has 38 heavy (non-hydrogen) atoms. The van der Waals surface area contributed by atoms with Crippen molar-refractivity contribution in [1.82, 2.24) is 9.80 Å². The number of halogens is 1. The minimum Gasteiger partial charge on any atom is -0.497 e. The second-order valence-electron chi connectivity index (χ2n) is 9.47. The molecule has 0 bridgehead atoms. The number of ether oxygens (including phenoxy) is 1. The molecule has 0 unspecified atom stereocenters. The third kappa shape index (κ3) is 6.23. The Balaban J connectivity index is 1.22. The fourth-order valence-electron chi connectivity index (χ4n) is 4.79. The van der Waals surface area contributed by atoms with Crippen LogP contribution in [0.1, 0.15) is 27.4 Å². The number of benzene rings is 3. The van der Waals surface area contributed by atoms with E-state index in [-0.39, 0.29) is 11.7 Å². The Morgan fingerprint density at radius 2 is 1.55 bits per heavy atom. The Labute approximate surface area is 222 Å². The van der Waals surface area contributed by atoms with E-state index in [0.717, 1.165) is 30.1 Å². The quantitative estimate of drug-likeness (QED) is 0.292. The lowest BCUT2D eigenvalue weighted by atomic mass is 10.1. The topological polar surface area (TPSA) is 49.2 Å². The number of furan rings is 1. The lowest BCUT2D eigenvalue weighted by Crippen LogP contribution is -2.48. The highest BCUT2D eigenvalue weighted by Gasteiger charge is 2.25. The van der Waals surface area contributed by atoms with Gasteiger partial charge in [-0.1, -0.05) is 48.5 Å². The van der Waals surface area contributed by atoms with Gasteiger partial charge in [-0.05, 0) is 48.0 Å². The van der Waals surface area contributed by atoms with E-state index in [0.29, 0.717) is 49.8 Å². The molecule has 0 saturated carbocycles. The fourth-order valence-corrected chi connectivity index (χ4v) is 4.79. The summed E-state index contributed by atoms with van der Waals surface area (Å²) in [5, 5.41) is 0. The molecule has 1 amide bonds. The van der Waals surface area contributed by atoms with E-state index >= 15 is 0 Å². The summed E-state index contributed by atoms with van der Waals surface area (Å²) in [7, 11) is 1.66. The first-order valence-electron chi connectivity index (χ1n) is 12.9. The number of hydrogen-bond acceptors (Lipinski definition) is 5. The zero-order valence-corrected chi connectivity index (χ0v) is 21.6. The first kappa shape index (κ1) is 25.5. The average Bonchev–Trinajstić information content (AvgIpc) is 3.43. The number of piperazine rings is 1. The summed E-state index contributed by atoms with van der Waals surface area (Å²) < 4.78 is 25.7. The highest BCUT2D eigenvalue weighted by atomic mass is 19.1. The molecule has 0 atom stereocenters. The van der Waals surface area contributed by atoms with Gasteiger partial charge in [0.25, 0.3) is 5.91 Å². The molecular formula is C31H32FN3O3. The Bertz CT molecular complexity index is 1330. The van der Waals surface area contributed by atoms with E-state index in [1.54, 1.807) is 25.3 Å². The third-order valence-corrected chi connectivity index (χ3v) is 6.86. The lowest BCUT2D eigenvalue weighted by Gasteiger charge is -2.35. The Hall–Kier alpha value is -4.10. The molecule has 0 aliphatic carbocycles. The standard InChI is InChI=1S/C31H32FN3O3/c1-37-27-13-11-26(12-14-27)34-17-19-35(20-18-34)31(36)30-16-15-28(38-30)23-33(21-24-7-3-2-4-8-24)22-25-9-5-6-10-29(25)32/h2-16H,17-23H2,1H3. The number of carbonyl (C=O) groups is 1. The zero-order chi connectivity index (χ0) is 26.3. The molecule has 1 aliphatic heterocycles. The lowest BCUT2D eigenvalue weighted by molar-refractivity contribution is 0.0710. The van der Waals surface area contributed by atoms with E-state index in [1.165, 1.54) is 6.07 Å². The molecule has 7 heteroatoms. The van der Waals surface area contributed by atoms with Crippen molar-refractivity contribution in [2.75, 3.05) is 38.2 Å². The number of nitrogens with zero attached hydrogens (tertiary/aromatic N) is 3. The summed E-state index contributed by atoms with van der Waals surface area (Å²) in [4.78, 5) is 19.4. The summed E-state index contributed by atoms with van der Waals surface area (Å²) >= 11 is 0. The van der Waals surface area contributed by atoms with Crippen molar-refractivity contribution in [3.63, 3.8) is 0 Å². The van der Waals surface area contributed by atoms with Gasteiger partial charge < -0.3 is 19.0 Å². The van der Waals surface area contributed by atoms with Crippen LogP contribution in [0.4, 0.5) is 10.1 Å². The highest BCUT2D eigenvalue weighted by Crippen LogP contribution is 2.22. The normalized spacial score (nSPS) is 13.7. The molecule has 1 fully saturated rings. The molecule has 2 heterocycles. The Kier molecular flexibility index (Phi) is 8.04. The number of hydrogen-bond donors (Lipinski definition) is 0. The maximum Gasteiger partial charge on any atom is 0.289 e. The Morgan fingerprint density at radius 1 is 0.842 bits per heavy atom. The van der Waals surface area contributed by atoms with Crippen LogP contribution in [0.2, 0.25) is 0 Å². The van der Waals surface area contributed by atoms with Crippen LogP contribution >= 0.6 is 0 Å². The van der Waals surface area contributed by atoms with E-state index in [1.807, 2.05) is 59.5 Å². The molecule has 1 aromatic heterocycles. The predicted octanol–water partition coefficient (Wildman–Crippen LogP) is 5.59. The van der Waals surface area contributed by atoms with E-state index in [9.17, 15) is 9.18 Å². The van der Waals surface area contributed by atoms with Gasteiger partial charge in [0.1, 0.15) is 17.3 Å². The molecule has 1 saturated heterocycles. The molecule has 5 rings (SSSR count). The van der Waals surface area contributed by atoms with Gasteiger partial charge in [-0.15, -0.1) is 0 Å². The van der Waals surface area contributed by atoms with Gasteiger partial charge in [0, 0.05) is 50.5 Å². The molecule has 0 N–H and O–H groups in total. The predicted molar refractivity (Wildman–Crippen MR) is 146 cm³/mol. The first-order valence-corrected chi connectivity index (χ1v) is 12.9. The minimum absolute atomic E-state index is 0.102. The summed E-state index contributed by atoms with van der Waals surface area (Å²) in [6.45, 7) is 4.26. The van der Waals surface area contributed by atoms with Crippen molar-refractivity contribution >= 4 is 11.6 Å². The van der Waals surface area contributed by atoms with Crippen LogP contribution in [-0.2, 0) is 19.6 Å². The summed E-state index contributed by atoms with van der Waals surface area (Å²) in [5.74, 6) is 1.51. The SMILES string of the molecule is COc1ccc(N2CCN(C(=O)c3ccc(CN(Cc4ccccc4)Cc4ccccc4F)o3)CC2)cc1. The van der Waals surface area contributed by atoms with Gasteiger partial charge in [0.2, 0.25) is 0 Å². The summed E-state index contributed by atoms with van der Waals surface area (Å²) in [6.07, 6.45) is 0. The van der Waals surface area contributed by atoms with Gasteiger partial charge in [-0.2, -0.15) is 0 Å². The molecule has 196 valence electrons. The van der Waals surface area contributed by atoms with Crippen LogP contribution in [0.3, 0.4) is 0 Å². The smallest absolute Gasteiger partial charge is 0.289 e. The van der Waals surface area contributed by atoms with E-state index < -0.39 is 0 Å². The average molecular weight is 514 g/mol. The van der Waals surface area contributed by atoms with Crippen molar-refractivity contribution in [1.29, 1.82) is 0 Å². The number of methoxy groups -OCH3 is 1. The van der Waals surface area contributed by atoms with Crippen molar-refractivity contribution in [2.24, 2.45) is 0 Å². The first-order chi connectivity index (χ1) is 18.6. The van der Waals surface area contributed by atoms with Crippen LogP contribution in [0, 0.1) is 5.82 Å². The monoisotopic (exact) mass is 513 g/mol. The van der Waals surface area contributed by atoms with Gasteiger partial charge in [-0.25, -0.2) is 4.39 Å². The van der Waals surface area contributed by atoms with Crippen molar-refractivity contribution in [2.45, 2.75) is 19.6 Å². The van der Waals surface area contributed by atoms with Crippen molar-refractivity contribution in [3.8, 4) is 5.75 Å². The van der Waals surface area contributed by atoms with Crippen LogP contribution in [-0.4, -0.2) is 49.0 Å². The summed E-state index contributed by atoms with van der Waals surface area (Å²) in [6, 6.07) is 28.5. The molecular weight excluding hydrogens is 481 g/mol. The number of amides is 1. The van der Waals surface area contributed by atoms with Crippen LogP contribution in [0.25, 0.3) is 0 Å². The summed E-state index contributed by atoms with van der Waals surface area (Å²) in [5.41, 5.74) is 2.87. The van der Waals surface area contributed by atoms with Gasteiger partial charge in [-0.3, -0.25) is 9.69 Å². The molecule has 6 nitrogen and oxygen atoms in total. The molecule has 0 spiro atoms. The second kappa shape index (κ2) is 12.0. The van der Waals surface area contributed by atoms with Gasteiger partial charge in [0.15, 0.2) is 5.76 Å². The maximum atomic E-state index is 14.4. The maximum absolute atomic E-state index is 14.4. The number of anilines is 1. The van der Waals surface area contributed by atoms with Gasteiger partial charge in [0.05, 0.1) is 13.7 Å². The Morgan fingerprint density at radius 3 is 2.26 bits per heavy atom. The zero-order valence-electron chi connectivity index (χ0n) is 21.6. The number of carbonyl (C=O) groups excluding carboxylic acids is 1.